The van der Waals surface area contributed by atoms with Crippen molar-refractivity contribution in [2.75, 3.05) is 0 Å². The largest absolute Gasteiger partial charge is 0.487 e. The minimum Gasteiger partial charge on any atom is -0.487 e. The summed E-state index contributed by atoms with van der Waals surface area (Å²) in [6.07, 6.45) is 0. The van der Waals surface area contributed by atoms with Crippen molar-refractivity contribution < 1.29 is 19.0 Å². The van der Waals surface area contributed by atoms with Crippen molar-refractivity contribution in [3.63, 3.8) is 0 Å². The standard InChI is InChI=1S/C12H8BrFO3S/c13-8-3-7(4-9(14)5-8)6-17-10-1-2-18-11(10)12(15)16/h1-5H,6H2,(H,15,16). The van der Waals surface area contributed by atoms with Crippen LogP contribution in [-0.4, -0.2) is 11.1 Å². The van der Waals surface area contributed by atoms with Gasteiger partial charge in [0.2, 0.25) is 0 Å². The smallest absolute Gasteiger partial charge is 0.349 e. The van der Waals surface area contributed by atoms with E-state index in [1.807, 2.05) is 0 Å². The topological polar surface area (TPSA) is 46.5 Å². The second-order valence-electron chi connectivity index (χ2n) is 3.49. The molecule has 1 aromatic heterocycles. The summed E-state index contributed by atoms with van der Waals surface area (Å²) in [4.78, 5) is 11.0. The van der Waals surface area contributed by atoms with Gasteiger partial charge >= 0.3 is 5.97 Å². The molecule has 6 heteroatoms. The molecular formula is C12H8BrFO3S. The molecule has 0 saturated heterocycles. The highest BCUT2D eigenvalue weighted by Crippen LogP contribution is 2.26. The zero-order chi connectivity index (χ0) is 13.1. The van der Waals surface area contributed by atoms with Gasteiger partial charge in [-0.3, -0.25) is 0 Å². The Bertz CT molecular complexity index is 562. The summed E-state index contributed by atoms with van der Waals surface area (Å²) in [5, 5.41) is 10.5. The van der Waals surface area contributed by atoms with Crippen LogP contribution in [0.25, 0.3) is 0 Å². The molecule has 1 N–H and O–H groups in total. The minimum absolute atomic E-state index is 0.118. The van der Waals surface area contributed by atoms with E-state index in [0.717, 1.165) is 11.3 Å². The molecule has 1 aromatic carbocycles. The first-order chi connectivity index (χ1) is 8.56. The van der Waals surface area contributed by atoms with E-state index in [1.165, 1.54) is 12.1 Å². The molecule has 0 fully saturated rings. The van der Waals surface area contributed by atoms with Crippen LogP contribution < -0.4 is 4.74 Å². The number of ether oxygens (including phenoxy) is 1. The average molecular weight is 331 g/mol. The molecule has 18 heavy (non-hydrogen) atoms. The van der Waals surface area contributed by atoms with Crippen LogP contribution in [0.3, 0.4) is 0 Å². The van der Waals surface area contributed by atoms with E-state index in [1.54, 1.807) is 17.5 Å². The van der Waals surface area contributed by atoms with Crippen LogP contribution in [0.4, 0.5) is 4.39 Å². The fourth-order valence-electron chi connectivity index (χ4n) is 1.42. The van der Waals surface area contributed by atoms with E-state index in [-0.39, 0.29) is 17.3 Å². The quantitative estimate of drug-likeness (QED) is 0.923. The van der Waals surface area contributed by atoms with Crippen molar-refractivity contribution in [3.05, 3.63) is 50.4 Å². The van der Waals surface area contributed by atoms with Crippen LogP contribution >= 0.6 is 27.3 Å². The molecule has 0 spiro atoms. The normalized spacial score (nSPS) is 10.3. The first-order valence-corrected chi connectivity index (χ1v) is 6.62. The van der Waals surface area contributed by atoms with Gasteiger partial charge < -0.3 is 9.84 Å². The zero-order valence-electron chi connectivity index (χ0n) is 9.02. The van der Waals surface area contributed by atoms with Crippen molar-refractivity contribution in [1.29, 1.82) is 0 Å². The van der Waals surface area contributed by atoms with Crippen LogP contribution in [0.2, 0.25) is 0 Å². The lowest BCUT2D eigenvalue weighted by atomic mass is 10.2. The molecule has 0 aliphatic heterocycles. The van der Waals surface area contributed by atoms with E-state index in [4.69, 9.17) is 9.84 Å². The predicted molar refractivity (Wildman–Crippen MR) is 69.7 cm³/mol. The molecule has 2 rings (SSSR count). The summed E-state index contributed by atoms with van der Waals surface area (Å²) in [6, 6.07) is 5.99. The summed E-state index contributed by atoms with van der Waals surface area (Å²) in [5.41, 5.74) is 0.629. The highest BCUT2D eigenvalue weighted by Gasteiger charge is 2.13. The molecular weight excluding hydrogens is 323 g/mol. The number of hydrogen-bond acceptors (Lipinski definition) is 3. The Morgan fingerprint density at radius 2 is 2.22 bits per heavy atom. The molecule has 0 bridgehead atoms. The summed E-state index contributed by atoms with van der Waals surface area (Å²) in [5.74, 6) is -1.10. The monoisotopic (exact) mass is 330 g/mol. The number of hydrogen-bond donors (Lipinski definition) is 1. The lowest BCUT2D eigenvalue weighted by molar-refractivity contribution is 0.0697. The highest BCUT2D eigenvalue weighted by molar-refractivity contribution is 9.10. The van der Waals surface area contributed by atoms with Crippen molar-refractivity contribution in [3.8, 4) is 5.75 Å². The number of carboxylic acid groups (broad SMARTS) is 1. The lowest BCUT2D eigenvalue weighted by Crippen LogP contribution is -2.00. The number of benzene rings is 1. The van der Waals surface area contributed by atoms with Crippen LogP contribution in [0, 0.1) is 5.82 Å². The Kier molecular flexibility index (Phi) is 3.98. The molecule has 3 nitrogen and oxygen atoms in total. The molecule has 0 radical (unpaired) electrons. The lowest BCUT2D eigenvalue weighted by Gasteiger charge is -2.06. The maximum atomic E-state index is 13.1. The van der Waals surface area contributed by atoms with Crippen LogP contribution in [0.5, 0.6) is 5.75 Å². The average Bonchev–Trinajstić information content (AvgIpc) is 2.73. The van der Waals surface area contributed by atoms with E-state index in [2.05, 4.69) is 15.9 Å². The molecule has 0 aliphatic carbocycles. The van der Waals surface area contributed by atoms with Gasteiger partial charge in [0.15, 0.2) is 4.88 Å². The molecule has 0 aliphatic rings. The predicted octanol–water partition coefficient (Wildman–Crippen LogP) is 3.93. The van der Waals surface area contributed by atoms with Gasteiger partial charge in [-0.05, 0) is 35.2 Å². The molecule has 0 saturated carbocycles. The van der Waals surface area contributed by atoms with E-state index in [9.17, 15) is 9.18 Å². The number of carboxylic acids is 1. The van der Waals surface area contributed by atoms with Crippen LogP contribution in [0.1, 0.15) is 15.2 Å². The fraction of sp³-hybridized carbons (Fsp3) is 0.0833. The van der Waals surface area contributed by atoms with E-state index in [0.29, 0.717) is 15.8 Å². The van der Waals surface area contributed by atoms with Crippen molar-refractivity contribution >= 4 is 33.2 Å². The summed E-state index contributed by atoms with van der Waals surface area (Å²) in [7, 11) is 0. The van der Waals surface area contributed by atoms with Gasteiger partial charge in [-0.25, -0.2) is 9.18 Å². The van der Waals surface area contributed by atoms with Gasteiger partial charge in [-0.15, -0.1) is 11.3 Å². The summed E-state index contributed by atoms with van der Waals surface area (Å²) >= 11 is 4.27. The maximum absolute atomic E-state index is 13.1. The Morgan fingerprint density at radius 1 is 1.44 bits per heavy atom. The molecule has 0 amide bonds. The first-order valence-electron chi connectivity index (χ1n) is 4.95. The highest BCUT2D eigenvalue weighted by atomic mass is 79.9. The number of halogens is 2. The minimum atomic E-state index is -1.03. The van der Waals surface area contributed by atoms with Gasteiger partial charge in [-0.2, -0.15) is 0 Å². The van der Waals surface area contributed by atoms with Crippen molar-refractivity contribution in [2.45, 2.75) is 6.61 Å². The number of carbonyl (C=O) groups is 1. The fourth-order valence-corrected chi connectivity index (χ4v) is 2.61. The zero-order valence-corrected chi connectivity index (χ0v) is 11.4. The molecule has 0 unspecified atom stereocenters. The molecule has 2 aromatic rings. The third-order valence-electron chi connectivity index (χ3n) is 2.14. The SMILES string of the molecule is O=C(O)c1sccc1OCc1cc(F)cc(Br)c1. The maximum Gasteiger partial charge on any atom is 0.349 e. The molecule has 1 heterocycles. The number of aromatic carboxylic acids is 1. The summed E-state index contributed by atoms with van der Waals surface area (Å²) < 4.78 is 19.1. The third-order valence-corrected chi connectivity index (χ3v) is 3.48. The Labute approximate surface area is 115 Å². The first kappa shape index (κ1) is 13.0. The third kappa shape index (κ3) is 3.08. The van der Waals surface area contributed by atoms with Gasteiger partial charge in [0, 0.05) is 4.47 Å². The van der Waals surface area contributed by atoms with Crippen LogP contribution in [-0.2, 0) is 6.61 Å². The van der Waals surface area contributed by atoms with Crippen LogP contribution in [0.15, 0.2) is 34.1 Å². The Balaban J connectivity index is 2.11. The second kappa shape index (κ2) is 5.49. The van der Waals surface area contributed by atoms with E-state index < -0.39 is 5.97 Å². The van der Waals surface area contributed by atoms with Crippen molar-refractivity contribution in [1.82, 2.24) is 0 Å². The van der Waals surface area contributed by atoms with Crippen molar-refractivity contribution in [2.24, 2.45) is 0 Å². The van der Waals surface area contributed by atoms with Gasteiger partial charge in [0.05, 0.1) is 0 Å². The number of rotatable bonds is 4. The van der Waals surface area contributed by atoms with Gasteiger partial charge in [0.25, 0.3) is 0 Å². The van der Waals surface area contributed by atoms with Gasteiger partial charge in [-0.1, -0.05) is 15.9 Å². The summed E-state index contributed by atoms with van der Waals surface area (Å²) in [6.45, 7) is 0.118. The Morgan fingerprint density at radius 3 is 2.89 bits per heavy atom. The Hall–Kier alpha value is -1.40. The van der Waals surface area contributed by atoms with E-state index >= 15 is 0 Å². The second-order valence-corrected chi connectivity index (χ2v) is 5.32. The number of thiophene rings is 1. The molecule has 94 valence electrons. The molecule has 0 atom stereocenters. The van der Waals surface area contributed by atoms with Gasteiger partial charge in [0.1, 0.15) is 18.2 Å².